The number of fused-ring (bicyclic) bond motifs is 5. The van der Waals surface area contributed by atoms with Gasteiger partial charge in [0.05, 0.1) is 0 Å². The minimum Gasteiger partial charge on any atom is -0.106 e. The van der Waals surface area contributed by atoms with E-state index in [2.05, 4.69) is 31.4 Å². The Morgan fingerprint density at radius 3 is 2.77 bits per heavy atom. The highest BCUT2D eigenvalue weighted by Gasteiger charge is 2.57. The molecule has 118 valence electrons. The van der Waals surface area contributed by atoms with Crippen molar-refractivity contribution >= 4 is 0 Å². The molecule has 4 aliphatic carbocycles. The van der Waals surface area contributed by atoms with Gasteiger partial charge in [0.2, 0.25) is 0 Å². The smallest absolute Gasteiger partial charge is 0.0345 e. The van der Waals surface area contributed by atoms with Gasteiger partial charge in [-0.05, 0) is 81.5 Å². The van der Waals surface area contributed by atoms with Gasteiger partial charge in [-0.3, -0.25) is 0 Å². The van der Waals surface area contributed by atoms with E-state index in [1.54, 1.807) is 5.57 Å². The molecular weight excluding hydrogens is 264 g/mol. The normalized spacial score (nSPS) is 46.7. The summed E-state index contributed by atoms with van der Waals surface area (Å²) in [4.78, 5) is 0. The van der Waals surface area contributed by atoms with E-state index in [4.69, 9.17) is 0 Å². The summed E-state index contributed by atoms with van der Waals surface area (Å²) in [6.07, 6.45) is 14.8. The molecule has 4 aliphatic rings. The van der Waals surface area contributed by atoms with E-state index < -0.39 is 0 Å². The maximum absolute atomic E-state index is 4.23. The van der Waals surface area contributed by atoms with Gasteiger partial charge in [-0.25, -0.2) is 0 Å². The van der Waals surface area contributed by atoms with Crippen LogP contribution in [0, 0.1) is 40.4 Å². The summed E-state index contributed by atoms with van der Waals surface area (Å²) in [5.74, 6) is 9.74. The fraction of sp³-hybridized carbons (Fsp3) is 0.727. The highest BCUT2D eigenvalue weighted by Crippen LogP contribution is 2.65. The van der Waals surface area contributed by atoms with Gasteiger partial charge in [-0.2, -0.15) is 0 Å². The van der Waals surface area contributed by atoms with Crippen molar-refractivity contribution < 1.29 is 0 Å². The summed E-state index contributed by atoms with van der Waals surface area (Å²) in [6.45, 7) is 8.86. The first-order valence-corrected chi connectivity index (χ1v) is 9.42. The van der Waals surface area contributed by atoms with Crippen LogP contribution in [0.2, 0.25) is 0 Å². The molecule has 5 unspecified atom stereocenters. The lowest BCUT2D eigenvalue weighted by atomic mass is 9.47. The average Bonchev–Trinajstić information content (AvgIpc) is 2.92. The van der Waals surface area contributed by atoms with Gasteiger partial charge < -0.3 is 0 Å². The van der Waals surface area contributed by atoms with Gasteiger partial charge in [-0.15, -0.1) is 5.92 Å². The van der Waals surface area contributed by atoms with Crippen molar-refractivity contribution in [1.29, 1.82) is 0 Å². The van der Waals surface area contributed by atoms with Crippen LogP contribution in [0.1, 0.15) is 71.6 Å². The summed E-state index contributed by atoms with van der Waals surface area (Å²) in [6, 6.07) is 0. The van der Waals surface area contributed by atoms with Gasteiger partial charge in [0.15, 0.2) is 0 Å². The van der Waals surface area contributed by atoms with Crippen LogP contribution in [-0.2, 0) is 0 Å². The highest BCUT2D eigenvalue weighted by molar-refractivity contribution is 5.34. The molecule has 0 radical (unpaired) electrons. The predicted molar refractivity (Wildman–Crippen MR) is 93.2 cm³/mol. The zero-order chi connectivity index (χ0) is 15.4. The highest BCUT2D eigenvalue weighted by atomic mass is 14.6. The van der Waals surface area contributed by atoms with Crippen molar-refractivity contribution in [2.75, 3.05) is 0 Å². The van der Waals surface area contributed by atoms with Crippen LogP contribution in [0.15, 0.2) is 23.8 Å². The fourth-order valence-corrected chi connectivity index (χ4v) is 6.77. The van der Waals surface area contributed by atoms with Crippen molar-refractivity contribution in [3.8, 4) is 11.8 Å². The molecule has 0 spiro atoms. The molecule has 0 nitrogen and oxygen atoms in total. The molecule has 22 heavy (non-hydrogen) atoms. The summed E-state index contributed by atoms with van der Waals surface area (Å²) < 4.78 is 0. The van der Waals surface area contributed by atoms with E-state index in [1.807, 2.05) is 6.92 Å². The monoisotopic (exact) mass is 294 g/mol. The predicted octanol–water partition coefficient (Wildman–Crippen LogP) is 5.90. The Labute approximate surface area is 136 Å². The summed E-state index contributed by atoms with van der Waals surface area (Å²) in [7, 11) is 0. The minimum absolute atomic E-state index is 0.395. The van der Waals surface area contributed by atoms with E-state index in [-0.39, 0.29) is 0 Å². The Morgan fingerprint density at radius 1 is 1.09 bits per heavy atom. The number of hydrogen-bond donors (Lipinski definition) is 0. The molecule has 0 bridgehead atoms. The first-order chi connectivity index (χ1) is 10.6. The van der Waals surface area contributed by atoms with Gasteiger partial charge >= 0.3 is 0 Å². The Balaban J connectivity index is 1.70. The van der Waals surface area contributed by atoms with E-state index in [0.717, 1.165) is 17.8 Å². The Morgan fingerprint density at radius 2 is 1.95 bits per heavy atom. The van der Waals surface area contributed by atoms with Gasteiger partial charge in [0, 0.05) is 5.41 Å². The second kappa shape index (κ2) is 5.02. The van der Waals surface area contributed by atoms with E-state index in [1.165, 1.54) is 63.4 Å². The van der Waals surface area contributed by atoms with Crippen molar-refractivity contribution in [3.05, 3.63) is 23.8 Å². The van der Waals surface area contributed by atoms with Crippen LogP contribution in [-0.4, -0.2) is 0 Å². The quantitative estimate of drug-likeness (QED) is 0.488. The molecule has 0 aromatic heterocycles. The topological polar surface area (TPSA) is 0 Å². The molecule has 0 amide bonds. The maximum atomic E-state index is 4.23. The SMILES string of the molecule is C=C1C=C2CCC3C4CCCC4(C#CC)CCC3C2(C)CC1. The number of allylic oxidation sites excluding steroid dienone is 3. The number of rotatable bonds is 0. The van der Waals surface area contributed by atoms with E-state index in [0.29, 0.717) is 10.8 Å². The summed E-state index contributed by atoms with van der Waals surface area (Å²) in [5, 5.41) is 0. The second-order valence-electron chi connectivity index (χ2n) is 8.62. The molecule has 0 saturated heterocycles. The van der Waals surface area contributed by atoms with Crippen LogP contribution < -0.4 is 0 Å². The third kappa shape index (κ3) is 1.90. The summed E-state index contributed by atoms with van der Waals surface area (Å²) in [5.41, 5.74) is 3.97. The second-order valence-corrected chi connectivity index (χ2v) is 8.62. The van der Waals surface area contributed by atoms with Crippen LogP contribution >= 0.6 is 0 Å². The zero-order valence-electron chi connectivity index (χ0n) is 14.4. The number of hydrogen-bond acceptors (Lipinski definition) is 0. The molecular formula is C22H30. The first kappa shape index (κ1) is 14.6. The van der Waals surface area contributed by atoms with Crippen molar-refractivity contribution in [2.45, 2.75) is 71.6 Å². The molecule has 0 N–H and O–H groups in total. The van der Waals surface area contributed by atoms with Gasteiger partial charge in [0.25, 0.3) is 0 Å². The molecule has 3 fully saturated rings. The lowest BCUT2D eigenvalue weighted by Crippen LogP contribution is -2.49. The van der Waals surface area contributed by atoms with E-state index in [9.17, 15) is 0 Å². The Hall–Kier alpha value is -0.960. The molecule has 0 heteroatoms. The standard InChI is InChI=1S/C22H30/c1-4-11-22-12-5-6-20(22)18-8-7-17-15-16(2)9-13-21(17,3)19(18)10-14-22/h15,18-20H,2,5-10,12-14H2,1,3H3. The molecule has 0 aromatic rings. The van der Waals surface area contributed by atoms with Crippen molar-refractivity contribution in [3.63, 3.8) is 0 Å². The largest absolute Gasteiger partial charge is 0.106 e. The molecule has 0 heterocycles. The lowest BCUT2D eigenvalue weighted by Gasteiger charge is -2.57. The lowest BCUT2D eigenvalue weighted by molar-refractivity contribution is -0.0192. The molecule has 5 atom stereocenters. The average molecular weight is 294 g/mol. The van der Waals surface area contributed by atoms with Crippen LogP contribution in [0.4, 0.5) is 0 Å². The Bertz CT molecular complexity index is 583. The minimum atomic E-state index is 0.395. The third-order valence-electron chi connectivity index (χ3n) is 7.80. The first-order valence-electron chi connectivity index (χ1n) is 9.42. The van der Waals surface area contributed by atoms with Crippen molar-refractivity contribution in [2.24, 2.45) is 28.6 Å². The van der Waals surface area contributed by atoms with Crippen LogP contribution in [0.5, 0.6) is 0 Å². The van der Waals surface area contributed by atoms with Crippen molar-refractivity contribution in [1.82, 2.24) is 0 Å². The summed E-state index contributed by atoms with van der Waals surface area (Å²) >= 11 is 0. The Kier molecular flexibility index (Phi) is 3.34. The zero-order valence-corrected chi connectivity index (χ0v) is 14.4. The van der Waals surface area contributed by atoms with Crippen LogP contribution in [0.3, 0.4) is 0 Å². The molecule has 3 saturated carbocycles. The third-order valence-corrected chi connectivity index (χ3v) is 7.80. The molecule has 0 aromatic carbocycles. The molecule has 0 aliphatic heterocycles. The maximum Gasteiger partial charge on any atom is 0.0345 e. The van der Waals surface area contributed by atoms with Crippen LogP contribution in [0.25, 0.3) is 0 Å². The molecule has 4 rings (SSSR count). The van der Waals surface area contributed by atoms with Gasteiger partial charge in [-0.1, -0.05) is 43.1 Å². The van der Waals surface area contributed by atoms with E-state index >= 15 is 0 Å². The fourth-order valence-electron chi connectivity index (χ4n) is 6.77. The van der Waals surface area contributed by atoms with Gasteiger partial charge in [0.1, 0.15) is 0 Å².